The Balaban J connectivity index is 2.03. The Kier molecular flexibility index (Phi) is 3.32. The molecule has 0 aromatic carbocycles. The van der Waals surface area contributed by atoms with E-state index in [1.165, 1.54) is 6.08 Å². The number of allylic oxidation sites excluding steroid dienone is 1. The molecule has 0 amide bonds. The first-order chi connectivity index (χ1) is 8.24. The highest BCUT2D eigenvalue weighted by Crippen LogP contribution is 2.36. The van der Waals surface area contributed by atoms with E-state index in [0.717, 1.165) is 0 Å². The minimum absolute atomic E-state index is 0.0681. The lowest BCUT2D eigenvalue weighted by Crippen LogP contribution is -2.34. The average Bonchev–Trinajstić information content (AvgIpc) is 2.69. The van der Waals surface area contributed by atoms with Gasteiger partial charge in [0.1, 0.15) is 12.6 Å². The minimum atomic E-state index is -5.57. The smallest absolute Gasteiger partial charge is 0.381 e. The number of ether oxygens (including phenoxy) is 2. The standard InChI is InChI=1S/C9H11F3O5S/c10-9(11,12)18(13,14)17-7-1-3-8(4-2-7)5-15-6-16-8/h1H,2-6H2. The van der Waals surface area contributed by atoms with Crippen molar-refractivity contribution in [3.05, 3.63) is 11.8 Å². The first kappa shape index (κ1) is 13.6. The molecule has 1 aliphatic heterocycles. The van der Waals surface area contributed by atoms with Gasteiger partial charge in [0.25, 0.3) is 0 Å². The zero-order valence-electron chi connectivity index (χ0n) is 9.20. The number of rotatable bonds is 2. The maximum absolute atomic E-state index is 12.1. The summed E-state index contributed by atoms with van der Waals surface area (Å²) in [6.45, 7) is 0.494. The topological polar surface area (TPSA) is 61.8 Å². The van der Waals surface area contributed by atoms with Gasteiger partial charge in [0.15, 0.2) is 0 Å². The molecule has 1 unspecified atom stereocenters. The van der Waals surface area contributed by atoms with Gasteiger partial charge in [-0.2, -0.15) is 21.6 Å². The second-order valence-corrected chi connectivity index (χ2v) is 5.69. The van der Waals surface area contributed by atoms with Crippen LogP contribution >= 0.6 is 0 Å². The first-order valence-electron chi connectivity index (χ1n) is 5.16. The van der Waals surface area contributed by atoms with Crippen LogP contribution in [0.5, 0.6) is 0 Å². The van der Waals surface area contributed by atoms with E-state index < -0.39 is 21.2 Å². The highest BCUT2D eigenvalue weighted by Gasteiger charge is 2.49. The fourth-order valence-corrected chi connectivity index (χ4v) is 2.34. The molecule has 5 nitrogen and oxygen atoms in total. The summed E-state index contributed by atoms with van der Waals surface area (Å²) in [6.07, 6.45) is 2.02. The van der Waals surface area contributed by atoms with E-state index in [9.17, 15) is 21.6 Å². The van der Waals surface area contributed by atoms with Crippen LogP contribution in [0.2, 0.25) is 0 Å². The summed E-state index contributed by atoms with van der Waals surface area (Å²) in [4.78, 5) is 0. The third-order valence-corrected chi connectivity index (χ3v) is 3.84. The molecule has 18 heavy (non-hydrogen) atoms. The van der Waals surface area contributed by atoms with Crippen LogP contribution in [0, 0.1) is 0 Å². The first-order valence-corrected chi connectivity index (χ1v) is 6.56. The summed E-state index contributed by atoms with van der Waals surface area (Å²) < 4.78 is 72.3. The predicted molar refractivity (Wildman–Crippen MR) is 52.6 cm³/mol. The third-order valence-electron chi connectivity index (χ3n) is 2.84. The quantitative estimate of drug-likeness (QED) is 0.571. The fraction of sp³-hybridized carbons (Fsp3) is 0.778. The molecule has 2 rings (SSSR count). The van der Waals surface area contributed by atoms with Gasteiger partial charge in [0, 0.05) is 12.8 Å². The molecule has 0 aromatic heterocycles. The number of halogens is 3. The van der Waals surface area contributed by atoms with Crippen molar-refractivity contribution in [2.75, 3.05) is 13.4 Å². The van der Waals surface area contributed by atoms with Crippen molar-refractivity contribution in [1.29, 1.82) is 0 Å². The van der Waals surface area contributed by atoms with Gasteiger partial charge in [-0.05, 0) is 12.5 Å². The highest BCUT2D eigenvalue weighted by molar-refractivity contribution is 7.87. The number of hydrogen-bond donors (Lipinski definition) is 0. The molecule has 1 saturated heterocycles. The van der Waals surface area contributed by atoms with Crippen LogP contribution < -0.4 is 0 Å². The Morgan fingerprint density at radius 3 is 2.56 bits per heavy atom. The minimum Gasteiger partial charge on any atom is -0.381 e. The Hall–Kier alpha value is -0.800. The van der Waals surface area contributed by atoms with Gasteiger partial charge in [-0.1, -0.05) is 0 Å². The lowest BCUT2D eigenvalue weighted by atomic mass is 9.89. The van der Waals surface area contributed by atoms with E-state index in [-0.39, 0.29) is 25.4 Å². The summed E-state index contributed by atoms with van der Waals surface area (Å²) >= 11 is 0. The van der Waals surface area contributed by atoms with Gasteiger partial charge in [-0.3, -0.25) is 0 Å². The van der Waals surface area contributed by atoms with Crippen molar-refractivity contribution in [2.45, 2.75) is 30.4 Å². The van der Waals surface area contributed by atoms with Crippen molar-refractivity contribution in [1.82, 2.24) is 0 Å². The largest absolute Gasteiger partial charge is 0.534 e. The van der Waals surface area contributed by atoms with Crippen LogP contribution in [0.25, 0.3) is 0 Å². The summed E-state index contributed by atoms with van der Waals surface area (Å²) in [6, 6.07) is 0. The van der Waals surface area contributed by atoms with E-state index >= 15 is 0 Å². The second kappa shape index (κ2) is 4.39. The Morgan fingerprint density at radius 1 is 1.39 bits per heavy atom. The molecule has 1 aliphatic carbocycles. The molecule has 104 valence electrons. The maximum atomic E-state index is 12.1. The van der Waals surface area contributed by atoms with Gasteiger partial charge in [-0.15, -0.1) is 0 Å². The summed E-state index contributed by atoms with van der Waals surface area (Å²) in [7, 11) is -5.57. The monoisotopic (exact) mass is 288 g/mol. The van der Waals surface area contributed by atoms with Gasteiger partial charge < -0.3 is 13.7 Å². The van der Waals surface area contributed by atoms with Crippen molar-refractivity contribution in [3.63, 3.8) is 0 Å². The van der Waals surface area contributed by atoms with E-state index in [4.69, 9.17) is 9.47 Å². The lowest BCUT2D eigenvalue weighted by molar-refractivity contribution is -0.0531. The molecule has 0 bridgehead atoms. The maximum Gasteiger partial charge on any atom is 0.534 e. The SMILES string of the molecule is O=S(=O)(OC1=CCC2(CC1)COCO2)C(F)(F)F. The normalized spacial score (nSPS) is 29.4. The molecule has 0 N–H and O–H groups in total. The van der Waals surface area contributed by atoms with Crippen LogP contribution in [-0.4, -0.2) is 32.9 Å². The van der Waals surface area contributed by atoms with E-state index in [1.807, 2.05) is 0 Å². The molecule has 0 aromatic rings. The van der Waals surface area contributed by atoms with Crippen LogP contribution in [0.15, 0.2) is 11.8 Å². The van der Waals surface area contributed by atoms with Crippen LogP contribution in [0.3, 0.4) is 0 Å². The van der Waals surface area contributed by atoms with Gasteiger partial charge in [0.05, 0.1) is 12.2 Å². The zero-order chi connectivity index (χ0) is 13.4. The molecular weight excluding hydrogens is 277 g/mol. The summed E-state index contributed by atoms with van der Waals surface area (Å²) in [5.74, 6) is -0.201. The summed E-state index contributed by atoms with van der Waals surface area (Å²) in [5.41, 5.74) is -5.95. The Morgan fingerprint density at radius 2 is 2.11 bits per heavy atom. The molecule has 9 heteroatoms. The molecule has 1 atom stereocenters. The summed E-state index contributed by atoms with van der Waals surface area (Å²) in [5, 5.41) is 0. The van der Waals surface area contributed by atoms with E-state index in [1.54, 1.807) is 0 Å². The predicted octanol–water partition coefficient (Wildman–Crippen LogP) is 1.66. The van der Waals surface area contributed by atoms with E-state index in [2.05, 4.69) is 4.18 Å². The van der Waals surface area contributed by atoms with Gasteiger partial charge in [0.2, 0.25) is 0 Å². The highest BCUT2D eigenvalue weighted by atomic mass is 32.2. The third kappa shape index (κ3) is 2.62. The molecule has 0 saturated carbocycles. The molecule has 1 heterocycles. The number of hydrogen-bond acceptors (Lipinski definition) is 5. The lowest BCUT2D eigenvalue weighted by Gasteiger charge is -2.29. The van der Waals surface area contributed by atoms with Crippen LogP contribution in [-0.2, 0) is 23.8 Å². The molecule has 2 aliphatic rings. The Bertz CT molecular complexity index is 447. The van der Waals surface area contributed by atoms with Crippen molar-refractivity contribution < 1.29 is 35.2 Å². The van der Waals surface area contributed by atoms with Gasteiger partial charge >= 0.3 is 15.6 Å². The zero-order valence-corrected chi connectivity index (χ0v) is 10.0. The fourth-order valence-electron chi connectivity index (χ4n) is 1.82. The molecule has 1 fully saturated rings. The molecule has 1 spiro atoms. The van der Waals surface area contributed by atoms with Crippen LogP contribution in [0.4, 0.5) is 13.2 Å². The van der Waals surface area contributed by atoms with Gasteiger partial charge in [-0.25, -0.2) is 0 Å². The molecular formula is C9H11F3O5S. The van der Waals surface area contributed by atoms with Crippen molar-refractivity contribution >= 4 is 10.1 Å². The number of alkyl halides is 3. The second-order valence-electron chi connectivity index (χ2n) is 4.15. The van der Waals surface area contributed by atoms with Crippen molar-refractivity contribution in [3.8, 4) is 0 Å². The van der Waals surface area contributed by atoms with E-state index in [0.29, 0.717) is 13.0 Å². The Labute approximate surface area is 102 Å². The molecule has 0 radical (unpaired) electrons. The van der Waals surface area contributed by atoms with Crippen molar-refractivity contribution in [2.24, 2.45) is 0 Å². The average molecular weight is 288 g/mol. The van der Waals surface area contributed by atoms with Crippen LogP contribution in [0.1, 0.15) is 19.3 Å².